The average Bonchev–Trinajstić information content (AvgIpc) is 2.55. The highest BCUT2D eigenvalue weighted by molar-refractivity contribution is 5.64. The molecule has 1 saturated heterocycles. The van der Waals surface area contributed by atoms with Crippen molar-refractivity contribution in [2.75, 3.05) is 37.2 Å². The van der Waals surface area contributed by atoms with Crippen LogP contribution in [0.1, 0.15) is 49.7 Å². The zero-order chi connectivity index (χ0) is 14.5. The molecule has 0 radical (unpaired) electrons. The van der Waals surface area contributed by atoms with E-state index in [0.717, 1.165) is 18.7 Å². The number of nitrogens with zero attached hydrogens (tertiary/aromatic N) is 1. The van der Waals surface area contributed by atoms with Crippen LogP contribution in [0.2, 0.25) is 0 Å². The summed E-state index contributed by atoms with van der Waals surface area (Å²) in [5, 5.41) is 3.66. The molecule has 0 bridgehead atoms. The summed E-state index contributed by atoms with van der Waals surface area (Å²) in [6.45, 7) is 4.92. The van der Waals surface area contributed by atoms with Gasteiger partial charge in [-0.3, -0.25) is 0 Å². The van der Waals surface area contributed by atoms with E-state index in [4.69, 9.17) is 5.73 Å². The Balaban J connectivity index is 1.51. The molecule has 1 aliphatic heterocycles. The SMILES string of the molecule is Nc1ccc(NCCCN2CCCCC2)c2c1CCCC2. The average molecular weight is 287 g/mol. The number of hydrogen-bond acceptors (Lipinski definition) is 3. The van der Waals surface area contributed by atoms with Gasteiger partial charge in [-0.15, -0.1) is 0 Å². The lowest BCUT2D eigenvalue weighted by atomic mass is 9.89. The summed E-state index contributed by atoms with van der Waals surface area (Å²) in [4.78, 5) is 2.61. The van der Waals surface area contributed by atoms with Crippen LogP contribution in [0.4, 0.5) is 11.4 Å². The Kier molecular flexibility index (Phi) is 5.02. The maximum atomic E-state index is 6.13. The molecule has 0 aromatic heterocycles. The lowest BCUT2D eigenvalue weighted by molar-refractivity contribution is 0.228. The van der Waals surface area contributed by atoms with Crippen LogP contribution >= 0.6 is 0 Å². The van der Waals surface area contributed by atoms with E-state index < -0.39 is 0 Å². The van der Waals surface area contributed by atoms with E-state index in [0.29, 0.717) is 0 Å². The van der Waals surface area contributed by atoms with Gasteiger partial charge in [0.15, 0.2) is 0 Å². The van der Waals surface area contributed by atoms with E-state index >= 15 is 0 Å². The zero-order valence-electron chi connectivity index (χ0n) is 13.2. The smallest absolute Gasteiger partial charge is 0.0377 e. The Morgan fingerprint density at radius 2 is 1.71 bits per heavy atom. The molecular formula is C18H29N3. The summed E-state index contributed by atoms with van der Waals surface area (Å²) >= 11 is 0. The van der Waals surface area contributed by atoms with Crippen LogP contribution in [-0.2, 0) is 12.8 Å². The lowest BCUT2D eigenvalue weighted by Crippen LogP contribution is -2.31. The topological polar surface area (TPSA) is 41.3 Å². The quantitative estimate of drug-likeness (QED) is 0.644. The molecule has 0 saturated carbocycles. The van der Waals surface area contributed by atoms with Gasteiger partial charge in [-0.1, -0.05) is 6.42 Å². The maximum Gasteiger partial charge on any atom is 0.0377 e. The Bertz CT molecular complexity index is 464. The highest BCUT2D eigenvalue weighted by Crippen LogP contribution is 2.32. The van der Waals surface area contributed by atoms with Crippen molar-refractivity contribution in [3.8, 4) is 0 Å². The maximum absolute atomic E-state index is 6.13. The van der Waals surface area contributed by atoms with Gasteiger partial charge in [0.2, 0.25) is 0 Å². The van der Waals surface area contributed by atoms with Crippen molar-refractivity contribution in [1.82, 2.24) is 4.90 Å². The molecule has 3 rings (SSSR count). The van der Waals surface area contributed by atoms with Gasteiger partial charge in [-0.05, 0) is 87.8 Å². The van der Waals surface area contributed by atoms with Gasteiger partial charge >= 0.3 is 0 Å². The molecule has 1 aromatic carbocycles. The number of fused-ring (bicyclic) bond motifs is 1. The van der Waals surface area contributed by atoms with Crippen molar-refractivity contribution < 1.29 is 0 Å². The molecule has 0 amide bonds. The molecule has 116 valence electrons. The first kappa shape index (κ1) is 14.7. The van der Waals surface area contributed by atoms with Crippen LogP contribution in [0.5, 0.6) is 0 Å². The highest BCUT2D eigenvalue weighted by Gasteiger charge is 2.15. The third kappa shape index (κ3) is 3.70. The van der Waals surface area contributed by atoms with Crippen LogP contribution in [0.15, 0.2) is 12.1 Å². The number of nitrogen functional groups attached to an aromatic ring is 1. The number of hydrogen-bond donors (Lipinski definition) is 2. The van der Waals surface area contributed by atoms with E-state index in [1.54, 1.807) is 0 Å². The standard InChI is InChI=1S/C18H29N3/c19-17-9-10-18(16-8-3-2-7-15(16)17)20-11-6-14-21-12-4-1-5-13-21/h9-10,20H,1-8,11-14,19H2. The number of nitrogens with one attached hydrogen (secondary N) is 1. The normalized spacial score (nSPS) is 19.2. The number of anilines is 2. The van der Waals surface area contributed by atoms with Crippen LogP contribution in [0, 0.1) is 0 Å². The fourth-order valence-corrected chi connectivity index (χ4v) is 3.77. The summed E-state index contributed by atoms with van der Waals surface area (Å²) in [5.41, 5.74) is 11.3. The van der Waals surface area contributed by atoms with Gasteiger partial charge in [-0.2, -0.15) is 0 Å². The Hall–Kier alpha value is -1.22. The molecular weight excluding hydrogens is 258 g/mol. The van der Waals surface area contributed by atoms with E-state index in [1.807, 2.05) is 0 Å². The molecule has 3 heteroatoms. The second-order valence-electron chi connectivity index (χ2n) is 6.55. The molecule has 1 fully saturated rings. The van der Waals surface area contributed by atoms with Crippen molar-refractivity contribution in [3.63, 3.8) is 0 Å². The number of rotatable bonds is 5. The monoisotopic (exact) mass is 287 g/mol. The highest BCUT2D eigenvalue weighted by atomic mass is 15.1. The molecule has 3 nitrogen and oxygen atoms in total. The van der Waals surface area contributed by atoms with Gasteiger partial charge in [0.1, 0.15) is 0 Å². The first-order chi connectivity index (χ1) is 10.3. The fraction of sp³-hybridized carbons (Fsp3) is 0.667. The summed E-state index contributed by atoms with van der Waals surface area (Å²) in [5.74, 6) is 0. The number of benzene rings is 1. The first-order valence-electron chi connectivity index (χ1n) is 8.71. The van der Waals surface area contributed by atoms with E-state index in [2.05, 4.69) is 22.3 Å². The Morgan fingerprint density at radius 1 is 0.952 bits per heavy atom. The Morgan fingerprint density at radius 3 is 2.52 bits per heavy atom. The van der Waals surface area contributed by atoms with Crippen molar-refractivity contribution in [3.05, 3.63) is 23.3 Å². The largest absolute Gasteiger partial charge is 0.398 e. The molecule has 21 heavy (non-hydrogen) atoms. The van der Waals surface area contributed by atoms with E-state index in [1.165, 1.54) is 81.4 Å². The first-order valence-corrected chi connectivity index (χ1v) is 8.71. The van der Waals surface area contributed by atoms with Gasteiger partial charge < -0.3 is 16.0 Å². The Labute approximate surface area is 128 Å². The van der Waals surface area contributed by atoms with E-state index in [-0.39, 0.29) is 0 Å². The third-order valence-corrected chi connectivity index (χ3v) is 4.99. The fourth-order valence-electron chi connectivity index (χ4n) is 3.77. The molecule has 3 N–H and O–H groups in total. The second-order valence-corrected chi connectivity index (χ2v) is 6.55. The molecule has 0 atom stereocenters. The number of nitrogens with two attached hydrogens (primary N) is 1. The van der Waals surface area contributed by atoms with Gasteiger partial charge in [-0.25, -0.2) is 0 Å². The van der Waals surface area contributed by atoms with Gasteiger partial charge in [0.25, 0.3) is 0 Å². The predicted molar refractivity (Wildman–Crippen MR) is 90.9 cm³/mol. The molecule has 1 aliphatic carbocycles. The minimum absolute atomic E-state index is 0.989. The number of likely N-dealkylation sites (tertiary alicyclic amines) is 1. The third-order valence-electron chi connectivity index (χ3n) is 4.99. The van der Waals surface area contributed by atoms with Crippen LogP contribution < -0.4 is 11.1 Å². The van der Waals surface area contributed by atoms with Crippen molar-refractivity contribution in [1.29, 1.82) is 0 Å². The van der Waals surface area contributed by atoms with Crippen molar-refractivity contribution >= 4 is 11.4 Å². The van der Waals surface area contributed by atoms with Crippen LogP contribution in [-0.4, -0.2) is 31.1 Å². The van der Waals surface area contributed by atoms with Crippen molar-refractivity contribution in [2.24, 2.45) is 0 Å². The summed E-state index contributed by atoms with van der Waals surface area (Å²) in [6, 6.07) is 4.26. The van der Waals surface area contributed by atoms with Crippen LogP contribution in [0.25, 0.3) is 0 Å². The lowest BCUT2D eigenvalue weighted by Gasteiger charge is -2.26. The molecule has 1 aromatic rings. The summed E-state index contributed by atoms with van der Waals surface area (Å²) < 4.78 is 0. The molecule has 0 spiro atoms. The van der Waals surface area contributed by atoms with Gasteiger partial charge in [0, 0.05) is 17.9 Å². The molecule has 0 unspecified atom stereocenters. The second kappa shape index (κ2) is 7.17. The summed E-state index contributed by atoms with van der Waals surface area (Å²) in [6.07, 6.45) is 10.4. The molecule has 1 heterocycles. The zero-order valence-corrected chi connectivity index (χ0v) is 13.2. The van der Waals surface area contributed by atoms with Crippen LogP contribution in [0.3, 0.4) is 0 Å². The van der Waals surface area contributed by atoms with E-state index in [9.17, 15) is 0 Å². The minimum atomic E-state index is 0.989. The van der Waals surface area contributed by atoms with Gasteiger partial charge in [0.05, 0.1) is 0 Å². The molecule has 2 aliphatic rings. The summed E-state index contributed by atoms with van der Waals surface area (Å²) in [7, 11) is 0. The van der Waals surface area contributed by atoms with Crippen molar-refractivity contribution in [2.45, 2.75) is 51.4 Å². The predicted octanol–water partition coefficient (Wildman–Crippen LogP) is 3.44. The minimum Gasteiger partial charge on any atom is -0.398 e. The number of piperidine rings is 1.